The van der Waals surface area contributed by atoms with E-state index < -0.39 is 0 Å². The molecule has 0 spiro atoms. The highest BCUT2D eigenvalue weighted by Gasteiger charge is 2.22. The molecule has 58 heavy (non-hydrogen) atoms. The van der Waals surface area contributed by atoms with Crippen LogP contribution >= 0.6 is 0 Å². The van der Waals surface area contributed by atoms with Crippen LogP contribution in [0.2, 0.25) is 0 Å². The summed E-state index contributed by atoms with van der Waals surface area (Å²) in [5.41, 5.74) is 15.8. The molecule has 0 heterocycles. The lowest BCUT2D eigenvalue weighted by atomic mass is 9.86. The van der Waals surface area contributed by atoms with Gasteiger partial charge in [-0.1, -0.05) is 115 Å². The Hall–Kier alpha value is -6.76. The Labute approximate surface area is 338 Å². The summed E-state index contributed by atoms with van der Waals surface area (Å²) in [6.45, 7) is 13.5. The van der Waals surface area contributed by atoms with Crippen LogP contribution in [0.3, 0.4) is 0 Å². The molecule has 12 aromatic rings. The highest BCUT2D eigenvalue weighted by atomic mass is 14.3. The minimum absolute atomic E-state index is 1.29. The molecule has 0 aromatic heterocycles. The molecule has 0 atom stereocenters. The van der Waals surface area contributed by atoms with E-state index in [4.69, 9.17) is 0 Å². The Morgan fingerprint density at radius 2 is 0.603 bits per heavy atom. The van der Waals surface area contributed by atoms with Gasteiger partial charge in [-0.3, -0.25) is 0 Å². The summed E-state index contributed by atoms with van der Waals surface area (Å²) in [6, 6.07) is 56.0. The molecule has 0 aliphatic carbocycles. The van der Waals surface area contributed by atoms with Crippen molar-refractivity contribution in [3.05, 3.63) is 179 Å². The first-order valence-electron chi connectivity index (χ1n) is 20.7. The molecule has 0 amide bonds. The molecule has 12 aromatic carbocycles. The predicted octanol–water partition coefficient (Wildman–Crippen LogP) is 16.6. The van der Waals surface area contributed by atoms with Crippen LogP contribution in [0, 0.1) is 41.5 Å². The van der Waals surface area contributed by atoms with Crippen LogP contribution in [0.1, 0.15) is 33.4 Å². The molecular formula is C58H42. The number of hydrogen-bond donors (Lipinski definition) is 0. The normalized spacial score (nSPS) is 12.3. The van der Waals surface area contributed by atoms with Gasteiger partial charge in [0.2, 0.25) is 0 Å². The SMILES string of the molecule is Cc1cccc(C)c1-c1ccc2c(c1)c1cccc3c4cc(-c5c(C)cccc5C)c5cc6c(cc5c4cc2c31)c1ccc(-c2c(C)cccc2C)c2cccc6c21. The van der Waals surface area contributed by atoms with Gasteiger partial charge in [0.1, 0.15) is 0 Å². The fourth-order valence-corrected chi connectivity index (χ4v) is 11.2. The largest absolute Gasteiger partial charge is 0.0617 e. The minimum atomic E-state index is 1.29. The molecule has 12 rings (SSSR count). The van der Waals surface area contributed by atoms with Gasteiger partial charge in [-0.05, 0) is 225 Å². The number of hydrogen-bond acceptors (Lipinski definition) is 0. The number of fused-ring (bicyclic) bond motifs is 10. The standard InChI is InChI=1S/C58H42/c1-31-12-7-13-32(2)54(31)37-22-23-38-45(26-37)40-19-11-21-42-48-29-53(56-35(5)16-9-17-36(56)6)51-28-46-41-20-10-18-39-43(55-33(3)14-8-15-34(55)4)24-25-44(57(39)41)47(46)27-49(51)50(48)30-52(38)58(40)42/h7-30H,1-6H3. The summed E-state index contributed by atoms with van der Waals surface area (Å²) < 4.78 is 0. The molecule has 0 N–H and O–H groups in total. The van der Waals surface area contributed by atoms with Gasteiger partial charge in [-0.2, -0.15) is 0 Å². The van der Waals surface area contributed by atoms with E-state index in [0.717, 1.165) is 0 Å². The number of aryl methyl sites for hydroxylation is 6. The van der Waals surface area contributed by atoms with Gasteiger partial charge in [-0.15, -0.1) is 0 Å². The van der Waals surface area contributed by atoms with Crippen molar-refractivity contribution in [3.63, 3.8) is 0 Å². The zero-order chi connectivity index (χ0) is 39.1. The van der Waals surface area contributed by atoms with Gasteiger partial charge in [0.25, 0.3) is 0 Å². The zero-order valence-corrected chi connectivity index (χ0v) is 33.9. The summed E-state index contributed by atoms with van der Waals surface area (Å²) in [7, 11) is 0. The topological polar surface area (TPSA) is 0 Å². The molecule has 274 valence electrons. The maximum atomic E-state index is 2.54. The van der Waals surface area contributed by atoms with Crippen LogP contribution in [0.15, 0.2) is 146 Å². The quantitative estimate of drug-likeness (QED) is 0.158. The third-order valence-electron chi connectivity index (χ3n) is 13.7. The fourth-order valence-electron chi connectivity index (χ4n) is 11.2. The van der Waals surface area contributed by atoms with Gasteiger partial charge in [0, 0.05) is 0 Å². The van der Waals surface area contributed by atoms with Crippen molar-refractivity contribution in [1.29, 1.82) is 0 Å². The van der Waals surface area contributed by atoms with Crippen LogP contribution in [0.4, 0.5) is 0 Å². The van der Waals surface area contributed by atoms with E-state index in [0.29, 0.717) is 0 Å². The predicted molar refractivity (Wildman–Crippen MR) is 254 cm³/mol. The van der Waals surface area contributed by atoms with Gasteiger partial charge in [-0.25, -0.2) is 0 Å². The number of benzene rings is 10. The zero-order valence-electron chi connectivity index (χ0n) is 33.9. The Morgan fingerprint density at radius 3 is 1.21 bits per heavy atom. The first-order chi connectivity index (χ1) is 28.3. The lowest BCUT2D eigenvalue weighted by Gasteiger charge is -2.17. The number of rotatable bonds is 3. The van der Waals surface area contributed by atoms with E-state index in [1.165, 1.54) is 153 Å². The highest BCUT2D eigenvalue weighted by molar-refractivity contribution is 6.39. The molecule has 0 aliphatic heterocycles. The maximum absolute atomic E-state index is 2.54. The van der Waals surface area contributed by atoms with Crippen molar-refractivity contribution in [2.45, 2.75) is 41.5 Å². The monoisotopic (exact) mass is 738 g/mol. The summed E-state index contributed by atoms with van der Waals surface area (Å²) in [4.78, 5) is 0. The second kappa shape index (κ2) is 11.9. The van der Waals surface area contributed by atoms with E-state index in [9.17, 15) is 0 Å². The van der Waals surface area contributed by atoms with E-state index in [2.05, 4.69) is 187 Å². The van der Waals surface area contributed by atoms with Crippen molar-refractivity contribution in [3.8, 4) is 33.4 Å². The molecule has 0 radical (unpaired) electrons. The lowest BCUT2D eigenvalue weighted by molar-refractivity contribution is 1.38. The smallest absolute Gasteiger partial charge is 0.00199 e. The van der Waals surface area contributed by atoms with Crippen molar-refractivity contribution in [1.82, 2.24) is 0 Å². The van der Waals surface area contributed by atoms with Crippen LogP contribution in [0.25, 0.3) is 120 Å². The summed E-state index contributed by atoms with van der Waals surface area (Å²) in [6.07, 6.45) is 0. The average molecular weight is 739 g/mol. The van der Waals surface area contributed by atoms with Crippen LogP contribution in [-0.4, -0.2) is 0 Å². The molecular weight excluding hydrogens is 697 g/mol. The summed E-state index contributed by atoms with van der Waals surface area (Å²) in [5.74, 6) is 0. The van der Waals surface area contributed by atoms with Crippen molar-refractivity contribution < 1.29 is 0 Å². The molecule has 0 bridgehead atoms. The molecule has 0 nitrogen and oxygen atoms in total. The highest BCUT2D eigenvalue weighted by Crippen LogP contribution is 2.50. The Morgan fingerprint density at radius 1 is 0.224 bits per heavy atom. The molecule has 0 saturated carbocycles. The van der Waals surface area contributed by atoms with Crippen molar-refractivity contribution in [2.24, 2.45) is 0 Å². The van der Waals surface area contributed by atoms with Gasteiger partial charge in [0.15, 0.2) is 0 Å². The maximum Gasteiger partial charge on any atom is -0.00199 e. The average Bonchev–Trinajstić information content (AvgIpc) is 3.71. The third kappa shape index (κ3) is 4.41. The van der Waals surface area contributed by atoms with Crippen LogP contribution in [0.5, 0.6) is 0 Å². The van der Waals surface area contributed by atoms with Gasteiger partial charge >= 0.3 is 0 Å². The second-order valence-corrected chi connectivity index (χ2v) is 17.1. The van der Waals surface area contributed by atoms with E-state index >= 15 is 0 Å². The summed E-state index contributed by atoms with van der Waals surface area (Å²) >= 11 is 0. The second-order valence-electron chi connectivity index (χ2n) is 17.1. The Bertz CT molecular complexity index is 3660. The lowest BCUT2D eigenvalue weighted by Crippen LogP contribution is -1.91. The Balaban J connectivity index is 1.23. The molecule has 0 heteroatoms. The first kappa shape index (κ1) is 33.4. The first-order valence-corrected chi connectivity index (χ1v) is 20.7. The van der Waals surface area contributed by atoms with E-state index in [1.54, 1.807) is 0 Å². The molecule has 0 saturated heterocycles. The van der Waals surface area contributed by atoms with E-state index in [1.807, 2.05) is 0 Å². The van der Waals surface area contributed by atoms with Crippen molar-refractivity contribution in [2.75, 3.05) is 0 Å². The molecule has 0 unspecified atom stereocenters. The summed E-state index contributed by atoms with van der Waals surface area (Å²) in [5, 5.41) is 21.3. The van der Waals surface area contributed by atoms with E-state index in [-0.39, 0.29) is 0 Å². The minimum Gasteiger partial charge on any atom is -0.0617 e. The van der Waals surface area contributed by atoms with Crippen LogP contribution < -0.4 is 0 Å². The molecule has 0 fully saturated rings. The third-order valence-corrected chi connectivity index (χ3v) is 13.7. The Kier molecular flexibility index (Phi) is 6.84. The molecule has 0 aliphatic rings. The fraction of sp³-hybridized carbons (Fsp3) is 0.103. The van der Waals surface area contributed by atoms with Gasteiger partial charge < -0.3 is 0 Å². The van der Waals surface area contributed by atoms with Crippen LogP contribution in [-0.2, 0) is 0 Å². The van der Waals surface area contributed by atoms with Crippen molar-refractivity contribution >= 4 is 86.2 Å². The van der Waals surface area contributed by atoms with Gasteiger partial charge in [0.05, 0.1) is 0 Å².